The molecule has 0 saturated carbocycles. The molecule has 0 bridgehead atoms. The average Bonchev–Trinajstić information content (AvgIpc) is 3.05. The lowest BCUT2D eigenvalue weighted by Gasteiger charge is -2.33. The molecule has 2 aromatic heterocycles. The fourth-order valence-electron chi connectivity index (χ4n) is 6.00. The second-order valence-electron chi connectivity index (χ2n) is 11.0. The summed E-state index contributed by atoms with van der Waals surface area (Å²) in [7, 11) is 0. The van der Waals surface area contributed by atoms with Gasteiger partial charge < -0.3 is 9.80 Å². The molecule has 7 aromatic rings. The predicted octanol–water partition coefficient (Wildman–Crippen LogP) is 10.6. The van der Waals surface area contributed by atoms with Crippen LogP contribution in [0.15, 0.2) is 140 Å². The van der Waals surface area contributed by atoms with Gasteiger partial charge in [0.15, 0.2) is 0 Å². The van der Waals surface area contributed by atoms with Gasteiger partial charge >= 0.3 is 0 Å². The van der Waals surface area contributed by atoms with E-state index in [4.69, 9.17) is 0 Å². The third-order valence-electron chi connectivity index (χ3n) is 8.15. The minimum atomic E-state index is 1.06. The summed E-state index contributed by atoms with van der Waals surface area (Å²) < 4.78 is 0. The van der Waals surface area contributed by atoms with Gasteiger partial charge in [-0.2, -0.15) is 0 Å². The van der Waals surface area contributed by atoms with Gasteiger partial charge in [-0.05, 0) is 98.6 Å². The highest BCUT2D eigenvalue weighted by Crippen LogP contribution is 2.51. The van der Waals surface area contributed by atoms with Crippen LogP contribution in [-0.4, -0.2) is 9.97 Å². The minimum Gasteiger partial charge on any atom is -0.309 e. The van der Waals surface area contributed by atoms with Crippen LogP contribution in [0.5, 0.6) is 0 Å². The van der Waals surface area contributed by atoms with Crippen LogP contribution in [0, 0.1) is 20.8 Å². The maximum absolute atomic E-state index is 4.35. The molecule has 4 nitrogen and oxygen atoms in total. The first-order valence-electron chi connectivity index (χ1n) is 14.6. The predicted molar refractivity (Wildman–Crippen MR) is 181 cm³/mol. The molecule has 208 valence electrons. The Balaban J connectivity index is 1.68. The number of aromatic nitrogens is 2. The number of pyridine rings is 2. The van der Waals surface area contributed by atoms with E-state index in [0.717, 1.165) is 34.1 Å². The van der Waals surface area contributed by atoms with Crippen molar-refractivity contribution in [1.29, 1.82) is 0 Å². The molecule has 0 unspecified atom stereocenters. The van der Waals surface area contributed by atoms with Crippen LogP contribution in [-0.2, 0) is 0 Å². The zero-order valence-corrected chi connectivity index (χ0v) is 24.6. The molecule has 4 heteroatoms. The van der Waals surface area contributed by atoms with Crippen LogP contribution < -0.4 is 9.80 Å². The molecule has 0 amide bonds. The van der Waals surface area contributed by atoms with Gasteiger partial charge in [0.05, 0.1) is 11.4 Å². The number of rotatable bonds is 6. The van der Waals surface area contributed by atoms with E-state index < -0.39 is 0 Å². The van der Waals surface area contributed by atoms with Gasteiger partial charge in [0.2, 0.25) is 0 Å². The van der Waals surface area contributed by atoms with E-state index in [2.05, 4.69) is 156 Å². The number of nitrogens with zero attached hydrogens (tertiary/aromatic N) is 4. The van der Waals surface area contributed by atoms with Crippen LogP contribution in [0.4, 0.5) is 34.1 Å². The third kappa shape index (κ3) is 4.77. The molecule has 0 fully saturated rings. The highest BCUT2D eigenvalue weighted by molar-refractivity contribution is 6.23. The topological polar surface area (TPSA) is 32.3 Å². The van der Waals surface area contributed by atoms with E-state index in [1.807, 2.05) is 24.8 Å². The van der Waals surface area contributed by atoms with E-state index in [1.165, 1.54) is 38.2 Å². The van der Waals surface area contributed by atoms with Crippen LogP contribution in [0.2, 0.25) is 0 Å². The number of benzene rings is 5. The SMILES string of the molecule is Cc1ccc2c(N(c3ccccc3)c3ccncc3)c3cc(C)c(C)cc3c(N(c3ccccc3)c3ccncc3)c2c1. The summed E-state index contributed by atoms with van der Waals surface area (Å²) in [6.07, 6.45) is 7.46. The van der Waals surface area contributed by atoms with Gasteiger partial charge in [0.1, 0.15) is 0 Å². The van der Waals surface area contributed by atoms with Crippen molar-refractivity contribution in [2.75, 3.05) is 9.80 Å². The molecular formula is C39H32N4. The minimum absolute atomic E-state index is 1.06. The molecule has 5 aromatic carbocycles. The van der Waals surface area contributed by atoms with Crippen molar-refractivity contribution in [2.45, 2.75) is 20.8 Å². The lowest BCUT2D eigenvalue weighted by molar-refractivity contribution is 1.24. The summed E-state index contributed by atoms with van der Waals surface area (Å²) in [5.74, 6) is 0. The number of aryl methyl sites for hydroxylation is 3. The molecule has 0 saturated heterocycles. The molecule has 2 heterocycles. The van der Waals surface area contributed by atoms with Crippen molar-refractivity contribution < 1.29 is 0 Å². The Bertz CT molecular complexity index is 1960. The Hall–Kier alpha value is -5.48. The number of fused-ring (bicyclic) bond motifs is 2. The van der Waals surface area contributed by atoms with Crippen molar-refractivity contribution in [3.63, 3.8) is 0 Å². The van der Waals surface area contributed by atoms with E-state index in [1.54, 1.807) is 0 Å². The van der Waals surface area contributed by atoms with Gasteiger partial charge in [0, 0.05) is 69.1 Å². The Morgan fingerprint density at radius 2 is 0.791 bits per heavy atom. The first-order chi connectivity index (χ1) is 21.1. The molecule has 0 atom stereocenters. The summed E-state index contributed by atoms with van der Waals surface area (Å²) in [5, 5.41) is 4.73. The van der Waals surface area contributed by atoms with Crippen molar-refractivity contribution >= 4 is 55.7 Å². The smallest absolute Gasteiger partial charge is 0.0620 e. The van der Waals surface area contributed by atoms with Crippen LogP contribution in [0.1, 0.15) is 16.7 Å². The summed E-state index contributed by atoms with van der Waals surface area (Å²) in [6.45, 7) is 6.58. The van der Waals surface area contributed by atoms with E-state index in [0.29, 0.717) is 0 Å². The Kier molecular flexibility index (Phi) is 6.80. The van der Waals surface area contributed by atoms with Crippen LogP contribution >= 0.6 is 0 Å². The molecule has 0 aliphatic carbocycles. The number of hydrogen-bond acceptors (Lipinski definition) is 4. The van der Waals surface area contributed by atoms with Gasteiger partial charge in [-0.15, -0.1) is 0 Å². The molecule has 0 aliphatic rings. The largest absolute Gasteiger partial charge is 0.309 e. The molecule has 7 rings (SSSR count). The van der Waals surface area contributed by atoms with E-state index >= 15 is 0 Å². The van der Waals surface area contributed by atoms with E-state index in [9.17, 15) is 0 Å². The van der Waals surface area contributed by atoms with Crippen molar-refractivity contribution in [3.05, 3.63) is 157 Å². The summed E-state index contributed by atoms with van der Waals surface area (Å²) >= 11 is 0. The summed E-state index contributed by atoms with van der Waals surface area (Å²) in [4.78, 5) is 13.4. The van der Waals surface area contributed by atoms with Gasteiger partial charge in [0.25, 0.3) is 0 Å². The molecular weight excluding hydrogens is 524 g/mol. The first kappa shape index (κ1) is 26.4. The zero-order valence-electron chi connectivity index (χ0n) is 24.6. The average molecular weight is 557 g/mol. The fourth-order valence-corrected chi connectivity index (χ4v) is 6.00. The maximum Gasteiger partial charge on any atom is 0.0620 e. The molecule has 0 aliphatic heterocycles. The number of anilines is 6. The van der Waals surface area contributed by atoms with Crippen LogP contribution in [0.3, 0.4) is 0 Å². The Morgan fingerprint density at radius 1 is 0.395 bits per heavy atom. The second-order valence-corrected chi connectivity index (χ2v) is 11.0. The Morgan fingerprint density at radius 3 is 1.26 bits per heavy atom. The van der Waals surface area contributed by atoms with Crippen molar-refractivity contribution in [1.82, 2.24) is 9.97 Å². The van der Waals surface area contributed by atoms with E-state index in [-0.39, 0.29) is 0 Å². The maximum atomic E-state index is 4.35. The quantitative estimate of drug-likeness (QED) is 0.151. The normalized spacial score (nSPS) is 11.1. The van der Waals surface area contributed by atoms with Crippen molar-refractivity contribution in [3.8, 4) is 0 Å². The Labute approximate surface area is 252 Å². The van der Waals surface area contributed by atoms with Crippen molar-refractivity contribution in [2.24, 2.45) is 0 Å². The first-order valence-corrected chi connectivity index (χ1v) is 14.6. The number of hydrogen-bond donors (Lipinski definition) is 0. The standard InChI is InChI=1S/C39H32N4/c1-27-14-15-34-35(24-27)39(43(31-12-8-5-9-13-31)33-18-22-41-23-19-33)37-26-29(3)28(2)25-36(37)38(34)42(30-10-6-4-7-11-30)32-16-20-40-21-17-32/h4-26H,1-3H3. The summed E-state index contributed by atoms with van der Waals surface area (Å²) in [5.41, 5.74) is 10.3. The van der Waals surface area contributed by atoms with Gasteiger partial charge in [-0.3, -0.25) is 9.97 Å². The third-order valence-corrected chi connectivity index (χ3v) is 8.15. The van der Waals surface area contributed by atoms with Crippen LogP contribution in [0.25, 0.3) is 21.5 Å². The highest BCUT2D eigenvalue weighted by Gasteiger charge is 2.26. The lowest BCUT2D eigenvalue weighted by Crippen LogP contribution is -2.15. The monoisotopic (exact) mass is 556 g/mol. The second kappa shape index (κ2) is 11.1. The molecule has 0 N–H and O–H groups in total. The number of para-hydroxylation sites is 2. The zero-order chi connectivity index (χ0) is 29.3. The summed E-state index contributed by atoms with van der Waals surface area (Å²) in [6, 6.07) is 41.1. The van der Waals surface area contributed by atoms with Gasteiger partial charge in [-0.25, -0.2) is 0 Å². The highest BCUT2D eigenvalue weighted by atomic mass is 15.2. The molecule has 0 radical (unpaired) electrons. The fraction of sp³-hybridized carbons (Fsp3) is 0.0769. The van der Waals surface area contributed by atoms with Gasteiger partial charge in [-0.1, -0.05) is 54.1 Å². The molecule has 0 spiro atoms. The molecule has 43 heavy (non-hydrogen) atoms. The lowest BCUT2D eigenvalue weighted by atomic mass is 9.92.